The Kier molecular flexibility index (Phi) is 3.64. The summed E-state index contributed by atoms with van der Waals surface area (Å²) in [5.74, 6) is -0.0551. The summed E-state index contributed by atoms with van der Waals surface area (Å²) in [5, 5.41) is 7.33. The molecule has 0 amide bonds. The molecule has 0 saturated carbocycles. The predicted molar refractivity (Wildman–Crippen MR) is 69.3 cm³/mol. The third kappa shape index (κ3) is 2.77. The van der Waals surface area contributed by atoms with E-state index in [0.717, 1.165) is 11.3 Å². The van der Waals surface area contributed by atoms with E-state index in [2.05, 4.69) is 5.32 Å². The van der Waals surface area contributed by atoms with Gasteiger partial charge in [-0.15, -0.1) is 0 Å². The van der Waals surface area contributed by atoms with E-state index in [-0.39, 0.29) is 17.6 Å². The van der Waals surface area contributed by atoms with E-state index in [1.807, 2.05) is 29.8 Å². The van der Waals surface area contributed by atoms with Crippen LogP contribution in [0.3, 0.4) is 0 Å². The summed E-state index contributed by atoms with van der Waals surface area (Å²) in [5.41, 5.74) is 1.95. The largest absolute Gasteiger partial charge is 0.494 e. The fourth-order valence-corrected chi connectivity index (χ4v) is 2.23. The average Bonchev–Trinajstić information content (AvgIpc) is 2.81. The highest BCUT2D eigenvalue weighted by atomic mass is 32.1. The Hall–Kier alpha value is -1.55. The summed E-state index contributed by atoms with van der Waals surface area (Å²) in [6.07, 6.45) is 0. The highest BCUT2D eigenvalue weighted by Crippen LogP contribution is 2.25. The molecule has 1 aromatic carbocycles. The predicted octanol–water partition coefficient (Wildman–Crippen LogP) is 4.07. The van der Waals surface area contributed by atoms with Crippen LogP contribution in [0.5, 0.6) is 5.75 Å². The van der Waals surface area contributed by atoms with Gasteiger partial charge in [0.1, 0.15) is 0 Å². The van der Waals surface area contributed by atoms with Crippen molar-refractivity contribution in [3.63, 3.8) is 0 Å². The maximum absolute atomic E-state index is 13.5. The summed E-state index contributed by atoms with van der Waals surface area (Å²) in [7, 11) is 1.46. The zero-order chi connectivity index (χ0) is 12.3. The van der Waals surface area contributed by atoms with Gasteiger partial charge in [-0.1, -0.05) is 6.07 Å². The van der Waals surface area contributed by atoms with Crippen LogP contribution >= 0.6 is 11.3 Å². The van der Waals surface area contributed by atoms with Crippen LogP contribution in [-0.2, 0) is 0 Å². The highest BCUT2D eigenvalue weighted by Gasteiger charge is 2.09. The monoisotopic (exact) mass is 251 g/mol. The quantitative estimate of drug-likeness (QED) is 0.884. The van der Waals surface area contributed by atoms with Crippen molar-refractivity contribution in [3.8, 4) is 5.75 Å². The van der Waals surface area contributed by atoms with Crippen LogP contribution in [0.2, 0.25) is 0 Å². The fourth-order valence-electron chi connectivity index (χ4n) is 1.63. The van der Waals surface area contributed by atoms with Crippen molar-refractivity contribution in [1.29, 1.82) is 0 Å². The van der Waals surface area contributed by atoms with Gasteiger partial charge in [0.25, 0.3) is 0 Å². The number of nitrogens with one attached hydrogen (secondary N) is 1. The van der Waals surface area contributed by atoms with Crippen molar-refractivity contribution in [3.05, 3.63) is 46.4 Å². The first-order valence-electron chi connectivity index (χ1n) is 5.33. The van der Waals surface area contributed by atoms with Gasteiger partial charge in [0.05, 0.1) is 7.11 Å². The summed E-state index contributed by atoms with van der Waals surface area (Å²) in [6.45, 7) is 2.00. The molecule has 0 spiro atoms. The van der Waals surface area contributed by atoms with Gasteiger partial charge in [0.15, 0.2) is 11.6 Å². The van der Waals surface area contributed by atoms with Crippen LogP contribution in [0, 0.1) is 5.82 Å². The number of anilines is 1. The molecule has 1 N–H and O–H groups in total. The number of benzene rings is 1. The lowest BCUT2D eigenvalue weighted by Gasteiger charge is -2.15. The Bertz CT molecular complexity index is 484. The van der Waals surface area contributed by atoms with Crippen LogP contribution in [-0.4, -0.2) is 7.11 Å². The number of halogens is 1. The molecule has 1 unspecified atom stereocenters. The van der Waals surface area contributed by atoms with E-state index in [1.54, 1.807) is 17.4 Å². The van der Waals surface area contributed by atoms with Crippen molar-refractivity contribution >= 4 is 17.0 Å². The van der Waals surface area contributed by atoms with Crippen molar-refractivity contribution in [2.75, 3.05) is 12.4 Å². The Morgan fingerprint density at radius 1 is 1.35 bits per heavy atom. The number of rotatable bonds is 4. The molecule has 1 heterocycles. The molecule has 0 bridgehead atoms. The Morgan fingerprint density at radius 2 is 2.18 bits per heavy atom. The minimum absolute atomic E-state index is 0.0602. The lowest BCUT2D eigenvalue weighted by atomic mass is 10.1. The van der Waals surface area contributed by atoms with Gasteiger partial charge in [-0.2, -0.15) is 11.3 Å². The van der Waals surface area contributed by atoms with Crippen LogP contribution in [0.15, 0.2) is 35.0 Å². The number of ether oxygens (including phenoxy) is 1. The lowest BCUT2D eigenvalue weighted by molar-refractivity contribution is 0.386. The third-order valence-corrected chi connectivity index (χ3v) is 3.26. The first kappa shape index (κ1) is 11.9. The minimum Gasteiger partial charge on any atom is -0.494 e. The topological polar surface area (TPSA) is 21.3 Å². The van der Waals surface area contributed by atoms with E-state index in [9.17, 15) is 4.39 Å². The van der Waals surface area contributed by atoms with Gasteiger partial charge in [0, 0.05) is 17.1 Å². The second kappa shape index (κ2) is 5.19. The van der Waals surface area contributed by atoms with Gasteiger partial charge in [-0.25, -0.2) is 4.39 Å². The summed E-state index contributed by atoms with van der Waals surface area (Å²) >= 11 is 1.63. The highest BCUT2D eigenvalue weighted by molar-refractivity contribution is 7.08. The molecule has 1 aromatic heterocycles. The zero-order valence-corrected chi connectivity index (χ0v) is 10.6. The van der Waals surface area contributed by atoms with E-state index >= 15 is 0 Å². The van der Waals surface area contributed by atoms with Gasteiger partial charge in [0.2, 0.25) is 0 Å². The van der Waals surface area contributed by atoms with Crippen LogP contribution < -0.4 is 10.1 Å². The SMILES string of the molecule is COc1ccc(C(C)Nc2ccsc2)cc1F. The van der Waals surface area contributed by atoms with E-state index in [0.29, 0.717) is 0 Å². The lowest BCUT2D eigenvalue weighted by Crippen LogP contribution is -2.06. The molecule has 2 nitrogen and oxygen atoms in total. The second-order valence-electron chi connectivity index (χ2n) is 3.77. The standard InChI is InChI=1S/C13H14FNOS/c1-9(15-11-5-6-17-8-11)10-3-4-13(16-2)12(14)7-10/h3-9,15H,1-2H3. The van der Waals surface area contributed by atoms with Crippen LogP contribution in [0.25, 0.3) is 0 Å². The Labute approximate surface area is 104 Å². The van der Waals surface area contributed by atoms with E-state index in [4.69, 9.17) is 4.74 Å². The summed E-state index contributed by atoms with van der Waals surface area (Å²) in [6, 6.07) is 7.08. The molecular weight excluding hydrogens is 237 g/mol. The van der Waals surface area contributed by atoms with Crippen molar-refractivity contribution in [2.45, 2.75) is 13.0 Å². The molecule has 17 heavy (non-hydrogen) atoms. The first-order valence-corrected chi connectivity index (χ1v) is 6.27. The molecule has 90 valence electrons. The molecule has 0 radical (unpaired) electrons. The molecule has 0 aliphatic heterocycles. The summed E-state index contributed by atoms with van der Waals surface area (Å²) in [4.78, 5) is 0. The molecule has 0 aliphatic carbocycles. The Morgan fingerprint density at radius 3 is 2.76 bits per heavy atom. The summed E-state index contributed by atoms with van der Waals surface area (Å²) < 4.78 is 18.4. The van der Waals surface area contributed by atoms with Gasteiger partial charge >= 0.3 is 0 Å². The molecule has 0 aliphatic rings. The average molecular weight is 251 g/mol. The molecule has 0 saturated heterocycles. The number of thiophene rings is 1. The molecule has 4 heteroatoms. The Balaban J connectivity index is 2.14. The molecule has 2 rings (SSSR count). The van der Waals surface area contributed by atoms with Gasteiger partial charge < -0.3 is 10.1 Å². The molecular formula is C13H14FNOS. The maximum Gasteiger partial charge on any atom is 0.165 e. The number of hydrogen-bond donors (Lipinski definition) is 1. The molecule has 0 fully saturated rings. The van der Waals surface area contributed by atoms with E-state index < -0.39 is 0 Å². The van der Waals surface area contributed by atoms with Crippen molar-refractivity contribution in [1.82, 2.24) is 0 Å². The normalized spacial score (nSPS) is 12.2. The number of hydrogen-bond acceptors (Lipinski definition) is 3. The van der Waals surface area contributed by atoms with Gasteiger partial charge in [-0.3, -0.25) is 0 Å². The third-order valence-electron chi connectivity index (χ3n) is 2.58. The molecule has 1 atom stereocenters. The number of methoxy groups -OCH3 is 1. The second-order valence-corrected chi connectivity index (χ2v) is 4.55. The minimum atomic E-state index is -0.330. The zero-order valence-electron chi connectivity index (χ0n) is 9.74. The van der Waals surface area contributed by atoms with Crippen molar-refractivity contribution in [2.24, 2.45) is 0 Å². The maximum atomic E-state index is 13.5. The smallest absolute Gasteiger partial charge is 0.165 e. The molecule has 2 aromatic rings. The fraction of sp³-hybridized carbons (Fsp3) is 0.231. The van der Waals surface area contributed by atoms with Crippen molar-refractivity contribution < 1.29 is 9.13 Å². The first-order chi connectivity index (χ1) is 8.20. The van der Waals surface area contributed by atoms with Crippen LogP contribution in [0.4, 0.5) is 10.1 Å². The van der Waals surface area contributed by atoms with Gasteiger partial charge in [-0.05, 0) is 36.1 Å². The van der Waals surface area contributed by atoms with Crippen LogP contribution in [0.1, 0.15) is 18.5 Å². The van der Waals surface area contributed by atoms with E-state index in [1.165, 1.54) is 13.2 Å².